The first-order valence-electron chi connectivity index (χ1n) is 7.31. The van der Waals surface area contributed by atoms with Gasteiger partial charge in [0.05, 0.1) is 15.5 Å². The Bertz CT molecular complexity index is 646. The van der Waals surface area contributed by atoms with Gasteiger partial charge in [0.25, 0.3) is 0 Å². The molecule has 0 unspecified atom stereocenters. The van der Waals surface area contributed by atoms with Crippen molar-refractivity contribution in [1.82, 2.24) is 0 Å². The first-order valence-corrected chi connectivity index (χ1v) is 10.8. The summed E-state index contributed by atoms with van der Waals surface area (Å²) in [6, 6.07) is 5.83. The van der Waals surface area contributed by atoms with Crippen molar-refractivity contribution in [2.24, 2.45) is 0 Å². The summed E-state index contributed by atoms with van der Waals surface area (Å²) in [6.45, 7) is 2.13. The molecule has 0 fully saturated rings. The third kappa shape index (κ3) is 5.79. The maximum absolute atomic E-state index is 12.3. The summed E-state index contributed by atoms with van der Waals surface area (Å²) in [6.07, 6.45) is 6.94. The molecule has 0 spiro atoms. The van der Waals surface area contributed by atoms with Crippen LogP contribution < -0.4 is 0 Å². The van der Waals surface area contributed by atoms with Gasteiger partial charge in [0.2, 0.25) is 0 Å². The lowest BCUT2D eigenvalue weighted by molar-refractivity contribution is 0.577. The molecule has 0 radical (unpaired) electrons. The van der Waals surface area contributed by atoms with Crippen molar-refractivity contribution in [2.45, 2.75) is 55.2 Å². The molecule has 4 nitrogen and oxygen atoms in total. The molecule has 0 bridgehead atoms. The lowest BCUT2D eigenvalue weighted by atomic mass is 10.1. The van der Waals surface area contributed by atoms with Crippen LogP contribution in [0.4, 0.5) is 0 Å². The van der Waals surface area contributed by atoms with Crippen molar-refractivity contribution in [3.8, 4) is 0 Å². The predicted molar refractivity (Wildman–Crippen MR) is 85.0 cm³/mol. The number of rotatable bonds is 9. The van der Waals surface area contributed by atoms with Crippen LogP contribution in [0.25, 0.3) is 0 Å². The smallest absolute Gasteiger partial charge is 0.179 e. The molecule has 1 rings (SSSR count). The molecule has 1 aromatic rings. The highest BCUT2D eigenvalue weighted by atomic mass is 32.2. The fourth-order valence-corrected chi connectivity index (χ4v) is 5.25. The molecule has 0 amide bonds. The van der Waals surface area contributed by atoms with Gasteiger partial charge in [-0.05, 0) is 18.6 Å². The van der Waals surface area contributed by atoms with Crippen LogP contribution in [0.3, 0.4) is 0 Å². The lowest BCUT2D eigenvalue weighted by Crippen LogP contribution is -2.12. The van der Waals surface area contributed by atoms with Gasteiger partial charge in [-0.3, -0.25) is 0 Å². The van der Waals surface area contributed by atoms with Gasteiger partial charge in [0, 0.05) is 6.26 Å². The van der Waals surface area contributed by atoms with E-state index in [0.29, 0.717) is 6.42 Å². The van der Waals surface area contributed by atoms with E-state index in [1.54, 1.807) is 12.1 Å². The standard InChI is InChI=1S/C15H24O4S2/c1-3-4-5-6-7-10-13-21(18,19)15-12-9-8-11-14(15)20(2,16)17/h8-9,11-12H,3-7,10,13H2,1-2H3. The van der Waals surface area contributed by atoms with Crippen LogP contribution in [0, 0.1) is 0 Å². The zero-order valence-corrected chi connectivity index (χ0v) is 14.3. The second kappa shape index (κ2) is 7.94. The molecule has 0 heterocycles. The number of unbranched alkanes of at least 4 members (excludes halogenated alkanes) is 5. The molecule has 0 N–H and O–H groups in total. The highest BCUT2D eigenvalue weighted by Gasteiger charge is 2.22. The first-order chi connectivity index (χ1) is 9.79. The summed E-state index contributed by atoms with van der Waals surface area (Å²) in [5.74, 6) is 0.00561. The molecule has 0 aliphatic carbocycles. The van der Waals surface area contributed by atoms with Crippen molar-refractivity contribution in [2.75, 3.05) is 12.0 Å². The van der Waals surface area contributed by atoms with Crippen LogP contribution in [-0.2, 0) is 19.7 Å². The Morgan fingerprint density at radius 1 is 0.810 bits per heavy atom. The molecule has 0 saturated carbocycles. The molecule has 0 aromatic heterocycles. The molecule has 1 aromatic carbocycles. The van der Waals surface area contributed by atoms with E-state index in [1.807, 2.05) is 0 Å². The summed E-state index contributed by atoms with van der Waals surface area (Å²) in [7, 11) is -7.08. The zero-order chi connectivity index (χ0) is 15.9. The van der Waals surface area contributed by atoms with E-state index < -0.39 is 19.7 Å². The molecule has 0 aliphatic rings. The summed E-state index contributed by atoms with van der Waals surface area (Å²) in [5.41, 5.74) is 0. The van der Waals surface area contributed by atoms with E-state index in [1.165, 1.54) is 18.6 Å². The Balaban J connectivity index is 2.76. The number of hydrogen-bond donors (Lipinski definition) is 0. The van der Waals surface area contributed by atoms with Gasteiger partial charge in [0.15, 0.2) is 19.7 Å². The quantitative estimate of drug-likeness (QED) is 0.651. The predicted octanol–water partition coefficient (Wildman–Crippen LogP) is 3.22. The molecule has 21 heavy (non-hydrogen) atoms. The van der Waals surface area contributed by atoms with E-state index in [4.69, 9.17) is 0 Å². The van der Waals surface area contributed by atoms with Gasteiger partial charge in [-0.25, -0.2) is 16.8 Å². The van der Waals surface area contributed by atoms with Crippen LogP contribution >= 0.6 is 0 Å². The van der Waals surface area contributed by atoms with Gasteiger partial charge in [0.1, 0.15) is 0 Å². The minimum atomic E-state index is -3.55. The minimum Gasteiger partial charge on any atom is -0.224 e. The summed E-state index contributed by atoms with van der Waals surface area (Å²) >= 11 is 0. The van der Waals surface area contributed by atoms with Gasteiger partial charge < -0.3 is 0 Å². The van der Waals surface area contributed by atoms with E-state index in [2.05, 4.69) is 6.92 Å². The number of hydrogen-bond acceptors (Lipinski definition) is 4. The van der Waals surface area contributed by atoms with Gasteiger partial charge in [-0.2, -0.15) is 0 Å². The van der Waals surface area contributed by atoms with Crippen LogP contribution in [0.1, 0.15) is 45.4 Å². The van der Waals surface area contributed by atoms with Crippen molar-refractivity contribution in [3.63, 3.8) is 0 Å². The molecular formula is C15H24O4S2. The van der Waals surface area contributed by atoms with E-state index in [0.717, 1.165) is 31.9 Å². The average Bonchev–Trinajstić information content (AvgIpc) is 2.42. The van der Waals surface area contributed by atoms with Crippen molar-refractivity contribution in [3.05, 3.63) is 24.3 Å². The molecule has 0 atom stereocenters. The van der Waals surface area contributed by atoms with Crippen LogP contribution in [0.2, 0.25) is 0 Å². The SMILES string of the molecule is CCCCCCCCS(=O)(=O)c1ccccc1S(C)(=O)=O. The third-order valence-corrected chi connectivity index (χ3v) is 6.49. The van der Waals surface area contributed by atoms with E-state index in [-0.39, 0.29) is 15.5 Å². The maximum Gasteiger partial charge on any atom is 0.179 e. The topological polar surface area (TPSA) is 68.3 Å². The molecule has 6 heteroatoms. The minimum absolute atomic E-state index is 0.00561. The Kier molecular flexibility index (Phi) is 6.87. The monoisotopic (exact) mass is 332 g/mol. The van der Waals surface area contributed by atoms with E-state index >= 15 is 0 Å². The van der Waals surface area contributed by atoms with Crippen LogP contribution in [0.15, 0.2) is 34.1 Å². The average molecular weight is 332 g/mol. The molecule has 0 aliphatic heterocycles. The Labute approximate surface area is 128 Å². The van der Waals surface area contributed by atoms with Crippen molar-refractivity contribution >= 4 is 19.7 Å². The second-order valence-corrected chi connectivity index (χ2v) is 9.37. The summed E-state index contributed by atoms with van der Waals surface area (Å²) in [5, 5.41) is 0. The van der Waals surface area contributed by atoms with Crippen molar-refractivity contribution < 1.29 is 16.8 Å². The molecule has 0 saturated heterocycles. The maximum atomic E-state index is 12.3. The fraction of sp³-hybridized carbons (Fsp3) is 0.600. The number of benzene rings is 1. The molecular weight excluding hydrogens is 308 g/mol. The second-order valence-electron chi connectivity index (χ2n) is 5.31. The van der Waals surface area contributed by atoms with Crippen LogP contribution in [-0.4, -0.2) is 28.8 Å². The first kappa shape index (κ1) is 18.2. The Hall–Kier alpha value is -0.880. The Morgan fingerprint density at radius 2 is 1.33 bits per heavy atom. The van der Waals surface area contributed by atoms with Gasteiger partial charge in [-0.1, -0.05) is 51.2 Å². The molecule has 120 valence electrons. The highest BCUT2D eigenvalue weighted by Crippen LogP contribution is 2.22. The fourth-order valence-electron chi connectivity index (χ4n) is 2.20. The van der Waals surface area contributed by atoms with E-state index in [9.17, 15) is 16.8 Å². The van der Waals surface area contributed by atoms with Gasteiger partial charge in [-0.15, -0.1) is 0 Å². The lowest BCUT2D eigenvalue weighted by Gasteiger charge is -2.09. The normalized spacial score (nSPS) is 12.5. The van der Waals surface area contributed by atoms with Crippen LogP contribution in [0.5, 0.6) is 0 Å². The third-order valence-electron chi connectivity index (χ3n) is 3.35. The highest BCUT2D eigenvalue weighted by molar-refractivity contribution is 7.94. The summed E-state index contributed by atoms with van der Waals surface area (Å²) < 4.78 is 48.0. The largest absolute Gasteiger partial charge is 0.224 e. The Morgan fingerprint density at radius 3 is 1.90 bits per heavy atom. The van der Waals surface area contributed by atoms with Crippen molar-refractivity contribution in [1.29, 1.82) is 0 Å². The zero-order valence-electron chi connectivity index (χ0n) is 12.7. The van der Waals surface area contributed by atoms with Gasteiger partial charge >= 0.3 is 0 Å². The number of sulfone groups is 2. The summed E-state index contributed by atoms with van der Waals surface area (Å²) in [4.78, 5) is -0.169.